The molecule has 0 aliphatic heterocycles. The van der Waals surface area contributed by atoms with Gasteiger partial charge in [-0.25, -0.2) is 0 Å². The zero-order chi connectivity index (χ0) is 8.10. The summed E-state index contributed by atoms with van der Waals surface area (Å²) in [6, 6.07) is 0. The van der Waals surface area contributed by atoms with Crippen LogP contribution >= 0.6 is 0 Å². The molecule has 1 rings (SSSR count). The Morgan fingerprint density at radius 3 is 2.14 bits per heavy atom. The molecule has 0 aromatic carbocycles. The number of hydrogen-bond donors (Lipinski definition) is 0. The van der Waals surface area contributed by atoms with Crippen LogP contribution in [-0.2, 0) is 25.8 Å². The molecular formula is C11H18Cl2Hf-2. The van der Waals surface area contributed by atoms with Crippen LogP contribution in [0, 0.1) is 0 Å². The van der Waals surface area contributed by atoms with Crippen molar-refractivity contribution < 1.29 is 50.7 Å². The normalized spacial score (nSPS) is 13.0. The standard InChI is InChI=1S/C11H18.2ClH.Hf/c1-3-6-10-8-5-9-11(10)7-4-2;;;/h5,8H,3-4,6-7,9H2,1-2H3;2*1H;/p-2. The fourth-order valence-electron chi connectivity index (χ4n) is 1.69. The van der Waals surface area contributed by atoms with Gasteiger partial charge in [0.15, 0.2) is 0 Å². The van der Waals surface area contributed by atoms with Gasteiger partial charge in [0.25, 0.3) is 0 Å². The van der Waals surface area contributed by atoms with Crippen LogP contribution in [-0.4, -0.2) is 0 Å². The van der Waals surface area contributed by atoms with E-state index in [-0.39, 0.29) is 50.7 Å². The second-order valence-electron chi connectivity index (χ2n) is 3.24. The Morgan fingerprint density at radius 1 is 1.07 bits per heavy atom. The molecule has 0 amide bonds. The molecule has 14 heavy (non-hydrogen) atoms. The average molecular weight is 400 g/mol. The predicted octanol–water partition coefficient (Wildman–Crippen LogP) is -2.15. The second kappa shape index (κ2) is 12.0. The van der Waals surface area contributed by atoms with Crippen LogP contribution in [0.5, 0.6) is 0 Å². The van der Waals surface area contributed by atoms with Crippen molar-refractivity contribution in [1.29, 1.82) is 0 Å². The minimum absolute atomic E-state index is 0. The van der Waals surface area contributed by atoms with E-state index in [2.05, 4.69) is 26.0 Å². The third-order valence-corrected chi connectivity index (χ3v) is 2.21. The van der Waals surface area contributed by atoms with Gasteiger partial charge in [0.05, 0.1) is 0 Å². The van der Waals surface area contributed by atoms with Crippen molar-refractivity contribution in [2.45, 2.75) is 46.0 Å². The molecule has 0 saturated carbocycles. The number of rotatable bonds is 4. The van der Waals surface area contributed by atoms with Crippen LogP contribution in [0.25, 0.3) is 0 Å². The van der Waals surface area contributed by atoms with E-state index in [4.69, 9.17) is 0 Å². The largest absolute Gasteiger partial charge is 1.00 e. The molecule has 0 saturated heterocycles. The zero-order valence-corrected chi connectivity index (χ0v) is 14.1. The molecule has 0 aromatic heterocycles. The van der Waals surface area contributed by atoms with E-state index in [0.717, 1.165) is 0 Å². The first kappa shape index (κ1) is 20.4. The fraction of sp³-hybridized carbons (Fsp3) is 0.636. The first-order valence-corrected chi connectivity index (χ1v) is 4.76. The molecule has 1 aliphatic rings. The van der Waals surface area contributed by atoms with Gasteiger partial charge in [0.2, 0.25) is 0 Å². The van der Waals surface area contributed by atoms with Gasteiger partial charge in [-0.3, -0.25) is 0 Å². The summed E-state index contributed by atoms with van der Waals surface area (Å²) in [5, 5.41) is 0. The summed E-state index contributed by atoms with van der Waals surface area (Å²) in [7, 11) is 0. The van der Waals surface area contributed by atoms with Gasteiger partial charge in [0, 0.05) is 25.8 Å². The third kappa shape index (κ3) is 6.42. The average Bonchev–Trinajstić information content (AvgIpc) is 2.39. The Labute approximate surface area is 119 Å². The first-order valence-electron chi connectivity index (χ1n) is 4.76. The van der Waals surface area contributed by atoms with Crippen molar-refractivity contribution in [1.82, 2.24) is 0 Å². The van der Waals surface area contributed by atoms with Crippen molar-refractivity contribution in [2.24, 2.45) is 0 Å². The summed E-state index contributed by atoms with van der Waals surface area (Å²) in [4.78, 5) is 0. The summed E-state index contributed by atoms with van der Waals surface area (Å²) in [6.07, 6.45) is 11.0. The molecule has 1 aliphatic carbocycles. The SMILES string of the molecule is CCCC1=C(CCC)CC=C1.[Cl-].[Cl-].[Hf]. The predicted molar refractivity (Wildman–Crippen MR) is 50.6 cm³/mol. The van der Waals surface area contributed by atoms with Crippen molar-refractivity contribution in [3.8, 4) is 0 Å². The molecule has 0 atom stereocenters. The molecule has 0 radical (unpaired) electrons. The Hall–Kier alpha value is 0.930. The summed E-state index contributed by atoms with van der Waals surface area (Å²) in [5.41, 5.74) is 3.31. The Bertz CT molecular complexity index is 186. The molecular weight excluding hydrogens is 382 g/mol. The van der Waals surface area contributed by atoms with E-state index in [1.54, 1.807) is 11.1 Å². The van der Waals surface area contributed by atoms with Crippen molar-refractivity contribution in [3.63, 3.8) is 0 Å². The van der Waals surface area contributed by atoms with Gasteiger partial charge in [-0.2, -0.15) is 0 Å². The van der Waals surface area contributed by atoms with Crippen LogP contribution in [0.3, 0.4) is 0 Å². The van der Waals surface area contributed by atoms with E-state index >= 15 is 0 Å². The molecule has 3 heteroatoms. The molecule has 0 fully saturated rings. The van der Waals surface area contributed by atoms with E-state index in [1.807, 2.05) is 0 Å². The molecule has 0 nitrogen and oxygen atoms in total. The van der Waals surface area contributed by atoms with Gasteiger partial charge >= 0.3 is 0 Å². The van der Waals surface area contributed by atoms with Crippen LogP contribution < -0.4 is 24.8 Å². The zero-order valence-electron chi connectivity index (χ0n) is 8.95. The quantitative estimate of drug-likeness (QED) is 0.473. The van der Waals surface area contributed by atoms with E-state index in [9.17, 15) is 0 Å². The summed E-state index contributed by atoms with van der Waals surface area (Å²) in [6.45, 7) is 4.51. The molecule has 0 unspecified atom stereocenters. The maximum atomic E-state index is 2.31. The Kier molecular flexibility index (Phi) is 17.5. The molecule has 82 valence electrons. The molecule has 0 aromatic rings. The topological polar surface area (TPSA) is 0 Å². The number of allylic oxidation sites excluding steroid dienone is 4. The summed E-state index contributed by atoms with van der Waals surface area (Å²) in [5.74, 6) is 0. The van der Waals surface area contributed by atoms with Gasteiger partial charge in [-0.05, 0) is 24.8 Å². The van der Waals surface area contributed by atoms with Gasteiger partial charge in [0.1, 0.15) is 0 Å². The van der Waals surface area contributed by atoms with E-state index in [0.29, 0.717) is 0 Å². The maximum Gasteiger partial charge on any atom is 0 e. The number of halogens is 2. The van der Waals surface area contributed by atoms with Crippen molar-refractivity contribution in [3.05, 3.63) is 23.3 Å². The monoisotopic (exact) mass is 400 g/mol. The van der Waals surface area contributed by atoms with Gasteiger partial charge in [-0.15, -0.1) is 0 Å². The van der Waals surface area contributed by atoms with E-state index in [1.165, 1.54) is 32.1 Å². The number of hydrogen-bond acceptors (Lipinski definition) is 0. The van der Waals surface area contributed by atoms with Gasteiger partial charge < -0.3 is 24.8 Å². The van der Waals surface area contributed by atoms with Crippen molar-refractivity contribution in [2.75, 3.05) is 0 Å². The van der Waals surface area contributed by atoms with Crippen LogP contribution in [0.2, 0.25) is 0 Å². The van der Waals surface area contributed by atoms with Crippen LogP contribution in [0.15, 0.2) is 23.3 Å². The summed E-state index contributed by atoms with van der Waals surface area (Å²) >= 11 is 0. The molecule has 0 spiro atoms. The van der Waals surface area contributed by atoms with Crippen LogP contribution in [0.4, 0.5) is 0 Å². The minimum Gasteiger partial charge on any atom is -1.00 e. The third-order valence-electron chi connectivity index (χ3n) is 2.21. The Balaban J connectivity index is -0.000000403. The maximum absolute atomic E-state index is 2.31. The summed E-state index contributed by atoms with van der Waals surface area (Å²) < 4.78 is 0. The van der Waals surface area contributed by atoms with Crippen molar-refractivity contribution >= 4 is 0 Å². The molecule has 0 N–H and O–H groups in total. The van der Waals surface area contributed by atoms with E-state index < -0.39 is 0 Å². The first-order chi connectivity index (χ1) is 5.38. The van der Waals surface area contributed by atoms with Crippen LogP contribution in [0.1, 0.15) is 46.0 Å². The molecule has 0 bridgehead atoms. The second-order valence-corrected chi connectivity index (χ2v) is 3.24. The fourth-order valence-corrected chi connectivity index (χ4v) is 1.69. The van der Waals surface area contributed by atoms with Gasteiger partial charge in [-0.1, -0.05) is 44.4 Å². The Morgan fingerprint density at radius 2 is 1.64 bits per heavy atom. The minimum atomic E-state index is 0. The smallest absolute Gasteiger partial charge is 0 e. The molecule has 0 heterocycles.